The van der Waals surface area contributed by atoms with Crippen molar-refractivity contribution in [2.75, 3.05) is 13.1 Å². The quantitative estimate of drug-likeness (QED) is 0.634. The Morgan fingerprint density at radius 3 is 2.68 bits per heavy atom. The van der Waals surface area contributed by atoms with Gasteiger partial charge in [0.05, 0.1) is 9.82 Å². The second-order valence-corrected chi connectivity index (χ2v) is 6.97. The molecule has 0 amide bonds. The summed E-state index contributed by atoms with van der Waals surface area (Å²) in [5.74, 6) is 0.303. The van der Waals surface area contributed by atoms with Crippen molar-refractivity contribution in [3.05, 3.63) is 33.3 Å². The van der Waals surface area contributed by atoms with Gasteiger partial charge in [-0.1, -0.05) is 18.5 Å². The van der Waals surface area contributed by atoms with Crippen molar-refractivity contribution in [2.24, 2.45) is 5.92 Å². The Hall–Kier alpha value is -1.18. The van der Waals surface area contributed by atoms with Crippen molar-refractivity contribution in [1.29, 1.82) is 0 Å². The summed E-state index contributed by atoms with van der Waals surface area (Å²) in [5.41, 5.74) is -0.394. The lowest BCUT2D eigenvalue weighted by Gasteiger charge is -2.15. The fourth-order valence-electron chi connectivity index (χ4n) is 2.05. The molecule has 0 spiro atoms. The van der Waals surface area contributed by atoms with Crippen molar-refractivity contribution in [2.45, 2.75) is 18.2 Å². The smallest absolute Gasteiger partial charge is 0.258 e. The van der Waals surface area contributed by atoms with Crippen LogP contribution in [0.1, 0.15) is 13.3 Å². The monoisotopic (exact) mass is 304 g/mol. The van der Waals surface area contributed by atoms with Gasteiger partial charge >= 0.3 is 0 Å². The van der Waals surface area contributed by atoms with Crippen LogP contribution in [0.15, 0.2) is 23.1 Å². The molecule has 0 aliphatic carbocycles. The highest BCUT2D eigenvalue weighted by Gasteiger charge is 2.31. The lowest BCUT2D eigenvalue weighted by Crippen LogP contribution is -2.28. The second kappa shape index (κ2) is 5.07. The van der Waals surface area contributed by atoms with E-state index in [0.717, 1.165) is 12.5 Å². The van der Waals surface area contributed by atoms with Gasteiger partial charge in [0, 0.05) is 19.2 Å². The minimum atomic E-state index is -3.67. The first kappa shape index (κ1) is 14.2. The molecule has 1 unspecified atom stereocenters. The molecule has 1 aliphatic rings. The van der Waals surface area contributed by atoms with Gasteiger partial charge in [0.25, 0.3) is 5.69 Å². The molecule has 0 bridgehead atoms. The van der Waals surface area contributed by atoms with Crippen LogP contribution in [-0.4, -0.2) is 30.7 Å². The summed E-state index contributed by atoms with van der Waals surface area (Å²) in [6.45, 7) is 2.86. The average Bonchev–Trinajstić information content (AvgIpc) is 2.76. The summed E-state index contributed by atoms with van der Waals surface area (Å²) in [7, 11) is -3.67. The molecule has 1 atom stereocenters. The summed E-state index contributed by atoms with van der Waals surface area (Å²) in [6.07, 6.45) is 0.801. The minimum absolute atomic E-state index is 0.0706. The number of halogens is 1. The first-order valence-corrected chi connectivity index (χ1v) is 7.58. The molecule has 8 heteroatoms. The molecule has 0 saturated carbocycles. The number of rotatable bonds is 3. The Morgan fingerprint density at radius 1 is 1.47 bits per heavy atom. The van der Waals surface area contributed by atoms with Crippen LogP contribution in [0.4, 0.5) is 5.69 Å². The first-order chi connectivity index (χ1) is 8.82. The Labute approximate surface area is 116 Å². The van der Waals surface area contributed by atoms with Crippen LogP contribution in [0.3, 0.4) is 0 Å². The zero-order valence-corrected chi connectivity index (χ0v) is 11.8. The molecule has 1 aromatic carbocycles. The van der Waals surface area contributed by atoms with E-state index < -0.39 is 20.6 Å². The summed E-state index contributed by atoms with van der Waals surface area (Å²) in [6, 6.07) is 3.56. The third kappa shape index (κ3) is 2.72. The minimum Gasteiger partial charge on any atom is -0.258 e. The maximum Gasteiger partial charge on any atom is 0.289 e. The number of hydrogen-bond acceptors (Lipinski definition) is 4. The van der Waals surface area contributed by atoms with Gasteiger partial charge < -0.3 is 0 Å². The number of hydrogen-bond donors (Lipinski definition) is 0. The van der Waals surface area contributed by atoms with Crippen molar-refractivity contribution < 1.29 is 13.3 Å². The molecule has 1 saturated heterocycles. The summed E-state index contributed by atoms with van der Waals surface area (Å²) in [4.78, 5) is 10.0. The molecule has 0 N–H and O–H groups in total. The Morgan fingerprint density at radius 2 is 2.16 bits per heavy atom. The van der Waals surface area contributed by atoms with Crippen molar-refractivity contribution in [3.8, 4) is 0 Å². The SMILES string of the molecule is CC1CCN(S(=O)(=O)c2ccc(Cl)c([N+](=O)[O-])c2)C1. The summed E-state index contributed by atoms with van der Waals surface area (Å²) < 4.78 is 26.0. The predicted molar refractivity (Wildman–Crippen MR) is 70.6 cm³/mol. The van der Waals surface area contributed by atoms with E-state index in [-0.39, 0.29) is 9.92 Å². The van der Waals surface area contributed by atoms with E-state index in [1.807, 2.05) is 6.92 Å². The number of nitro benzene ring substituents is 1. The molecule has 1 aliphatic heterocycles. The number of benzene rings is 1. The van der Waals surface area contributed by atoms with Gasteiger partial charge in [0.15, 0.2) is 0 Å². The molecule has 104 valence electrons. The number of nitrogens with zero attached hydrogens (tertiary/aromatic N) is 2. The maximum atomic E-state index is 12.3. The lowest BCUT2D eigenvalue weighted by molar-refractivity contribution is -0.384. The van der Waals surface area contributed by atoms with Crippen molar-refractivity contribution in [3.63, 3.8) is 0 Å². The van der Waals surface area contributed by atoms with Gasteiger partial charge in [-0.2, -0.15) is 4.31 Å². The zero-order valence-electron chi connectivity index (χ0n) is 10.2. The highest BCUT2D eigenvalue weighted by Crippen LogP contribution is 2.30. The fraction of sp³-hybridized carbons (Fsp3) is 0.455. The van der Waals surface area contributed by atoms with Gasteiger partial charge in [0.1, 0.15) is 5.02 Å². The van der Waals surface area contributed by atoms with Gasteiger partial charge in [-0.3, -0.25) is 10.1 Å². The number of sulfonamides is 1. The third-order valence-electron chi connectivity index (χ3n) is 3.14. The molecule has 0 radical (unpaired) electrons. The normalized spacial score (nSPS) is 20.6. The topological polar surface area (TPSA) is 80.5 Å². The molecule has 0 aromatic heterocycles. The van der Waals surface area contributed by atoms with Crippen molar-refractivity contribution in [1.82, 2.24) is 4.31 Å². The molecule has 1 aromatic rings. The Kier molecular flexibility index (Phi) is 3.80. The Bertz CT molecular complexity index is 617. The highest BCUT2D eigenvalue weighted by atomic mass is 35.5. The van der Waals surface area contributed by atoms with Crippen molar-refractivity contribution >= 4 is 27.3 Å². The van der Waals surface area contributed by atoms with Gasteiger partial charge in [0.2, 0.25) is 10.0 Å². The summed E-state index contributed by atoms with van der Waals surface area (Å²) in [5, 5.41) is 10.7. The van der Waals surface area contributed by atoms with E-state index >= 15 is 0 Å². The van der Waals surface area contributed by atoms with Gasteiger partial charge in [-0.15, -0.1) is 0 Å². The number of nitro groups is 1. The van der Waals surface area contributed by atoms with Crippen LogP contribution in [0.2, 0.25) is 5.02 Å². The van der Waals surface area contributed by atoms with Crippen LogP contribution >= 0.6 is 11.6 Å². The molecule has 1 fully saturated rings. The second-order valence-electron chi connectivity index (χ2n) is 4.63. The molecule has 1 heterocycles. The summed E-state index contributed by atoms with van der Waals surface area (Å²) >= 11 is 5.67. The lowest BCUT2D eigenvalue weighted by atomic mass is 10.2. The van der Waals surface area contributed by atoms with Crippen LogP contribution < -0.4 is 0 Å². The first-order valence-electron chi connectivity index (χ1n) is 5.76. The van der Waals surface area contributed by atoms with Gasteiger partial charge in [-0.05, 0) is 24.5 Å². The van der Waals surface area contributed by atoms with Crippen LogP contribution in [0.5, 0.6) is 0 Å². The largest absolute Gasteiger partial charge is 0.289 e. The van der Waals surface area contributed by atoms with E-state index in [9.17, 15) is 18.5 Å². The van der Waals surface area contributed by atoms with Crippen LogP contribution in [0.25, 0.3) is 0 Å². The van der Waals surface area contributed by atoms with E-state index in [0.29, 0.717) is 19.0 Å². The molecular formula is C11H13ClN2O4S. The average molecular weight is 305 g/mol. The zero-order chi connectivity index (χ0) is 14.2. The highest BCUT2D eigenvalue weighted by molar-refractivity contribution is 7.89. The fourth-order valence-corrected chi connectivity index (χ4v) is 3.84. The van der Waals surface area contributed by atoms with Crippen LogP contribution in [0, 0.1) is 16.0 Å². The molecule has 6 nitrogen and oxygen atoms in total. The van der Waals surface area contributed by atoms with E-state index in [1.54, 1.807) is 0 Å². The van der Waals surface area contributed by atoms with E-state index in [2.05, 4.69) is 0 Å². The maximum absolute atomic E-state index is 12.3. The van der Waals surface area contributed by atoms with Gasteiger partial charge in [-0.25, -0.2) is 8.42 Å². The molecular weight excluding hydrogens is 292 g/mol. The third-order valence-corrected chi connectivity index (χ3v) is 5.32. The molecule has 2 rings (SSSR count). The van der Waals surface area contributed by atoms with E-state index in [4.69, 9.17) is 11.6 Å². The van der Waals surface area contributed by atoms with Crippen LogP contribution in [-0.2, 0) is 10.0 Å². The predicted octanol–water partition coefficient (Wildman–Crippen LogP) is 2.28. The Balaban J connectivity index is 2.41. The standard InChI is InChI=1S/C11H13ClN2O4S/c1-8-4-5-13(7-8)19(17,18)9-2-3-10(12)11(6-9)14(15)16/h2-3,6,8H,4-5,7H2,1H3. The molecule has 19 heavy (non-hydrogen) atoms. The van der Waals surface area contributed by atoms with E-state index in [1.165, 1.54) is 16.4 Å².